The van der Waals surface area contributed by atoms with Crippen LogP contribution in [-0.4, -0.2) is 18.8 Å². The second-order valence-corrected chi connectivity index (χ2v) is 5.87. The Morgan fingerprint density at radius 1 is 0.815 bits per heavy atom. The van der Waals surface area contributed by atoms with Crippen LogP contribution in [0.25, 0.3) is 6.08 Å². The van der Waals surface area contributed by atoms with E-state index in [0.29, 0.717) is 22.6 Å². The monoisotopic (exact) mass is 357 g/mol. The lowest BCUT2D eigenvalue weighted by atomic mass is 10.1. The van der Waals surface area contributed by atoms with Crippen LogP contribution in [0.5, 0.6) is 5.75 Å². The summed E-state index contributed by atoms with van der Waals surface area (Å²) in [5, 5.41) is 2.84. The predicted molar refractivity (Wildman–Crippen MR) is 107 cm³/mol. The molecular formula is C23H19NO3. The van der Waals surface area contributed by atoms with E-state index < -0.39 is 0 Å². The molecule has 3 rings (SSSR count). The second kappa shape index (κ2) is 8.63. The van der Waals surface area contributed by atoms with Crippen LogP contribution in [0.1, 0.15) is 26.3 Å². The Labute approximate surface area is 158 Å². The van der Waals surface area contributed by atoms with Gasteiger partial charge in [0, 0.05) is 16.8 Å². The fraction of sp³-hybridized carbons (Fsp3) is 0.0435. The standard InChI is InChI=1S/C23H19NO3/c1-27-21-14-10-19(11-15-21)23(26)24-20-12-7-17(8-13-20)9-16-22(25)18-5-3-2-4-6-18/h2-16H,1H3,(H,24,26). The number of ketones is 1. The number of ether oxygens (including phenoxy) is 1. The van der Waals surface area contributed by atoms with Crippen LogP contribution in [-0.2, 0) is 0 Å². The number of methoxy groups -OCH3 is 1. The molecule has 0 aliphatic rings. The Kier molecular flexibility index (Phi) is 5.80. The van der Waals surface area contributed by atoms with Crippen molar-refractivity contribution in [2.45, 2.75) is 0 Å². The number of hydrogen-bond donors (Lipinski definition) is 1. The van der Waals surface area contributed by atoms with Crippen LogP contribution in [0.4, 0.5) is 5.69 Å². The number of carbonyl (C=O) groups is 2. The highest BCUT2D eigenvalue weighted by molar-refractivity contribution is 6.07. The van der Waals surface area contributed by atoms with Crippen molar-refractivity contribution in [3.63, 3.8) is 0 Å². The molecule has 0 saturated heterocycles. The molecular weight excluding hydrogens is 338 g/mol. The van der Waals surface area contributed by atoms with Crippen LogP contribution in [0, 0.1) is 0 Å². The fourth-order valence-electron chi connectivity index (χ4n) is 2.49. The van der Waals surface area contributed by atoms with Gasteiger partial charge >= 0.3 is 0 Å². The summed E-state index contributed by atoms with van der Waals surface area (Å²) in [6.45, 7) is 0. The summed E-state index contributed by atoms with van der Waals surface area (Å²) < 4.78 is 5.09. The van der Waals surface area contributed by atoms with Gasteiger partial charge in [-0.05, 0) is 48.0 Å². The van der Waals surface area contributed by atoms with E-state index in [1.165, 1.54) is 0 Å². The average molecular weight is 357 g/mol. The van der Waals surface area contributed by atoms with Crippen molar-refractivity contribution in [3.05, 3.63) is 102 Å². The topological polar surface area (TPSA) is 55.4 Å². The van der Waals surface area contributed by atoms with Gasteiger partial charge in [0.25, 0.3) is 5.91 Å². The van der Waals surface area contributed by atoms with Gasteiger partial charge in [-0.25, -0.2) is 0 Å². The van der Waals surface area contributed by atoms with E-state index in [4.69, 9.17) is 4.74 Å². The highest BCUT2D eigenvalue weighted by atomic mass is 16.5. The number of nitrogens with one attached hydrogen (secondary N) is 1. The number of benzene rings is 3. The van der Waals surface area contributed by atoms with Crippen LogP contribution < -0.4 is 10.1 Å². The van der Waals surface area contributed by atoms with E-state index in [1.807, 2.05) is 30.3 Å². The van der Waals surface area contributed by atoms with Gasteiger partial charge in [-0.15, -0.1) is 0 Å². The minimum atomic E-state index is -0.194. The average Bonchev–Trinajstić information content (AvgIpc) is 2.73. The van der Waals surface area contributed by atoms with Gasteiger partial charge in [0.15, 0.2) is 5.78 Å². The quantitative estimate of drug-likeness (QED) is 0.507. The molecule has 134 valence electrons. The van der Waals surface area contributed by atoms with Crippen LogP contribution in [0.3, 0.4) is 0 Å². The molecule has 0 aromatic heterocycles. The molecule has 0 bridgehead atoms. The molecule has 1 N–H and O–H groups in total. The molecule has 4 nitrogen and oxygen atoms in total. The minimum Gasteiger partial charge on any atom is -0.497 e. The third-order valence-electron chi connectivity index (χ3n) is 4.01. The summed E-state index contributed by atoms with van der Waals surface area (Å²) in [5.74, 6) is 0.459. The molecule has 0 aliphatic heterocycles. The summed E-state index contributed by atoms with van der Waals surface area (Å²) in [7, 11) is 1.58. The van der Waals surface area contributed by atoms with Crippen molar-refractivity contribution in [3.8, 4) is 5.75 Å². The normalized spacial score (nSPS) is 10.6. The Morgan fingerprint density at radius 3 is 2.11 bits per heavy atom. The molecule has 0 saturated carbocycles. The lowest BCUT2D eigenvalue weighted by Gasteiger charge is -2.06. The van der Waals surface area contributed by atoms with Gasteiger partial charge in [0.2, 0.25) is 0 Å². The van der Waals surface area contributed by atoms with Crippen molar-refractivity contribution >= 4 is 23.5 Å². The maximum Gasteiger partial charge on any atom is 0.255 e. The molecule has 1 amide bonds. The van der Waals surface area contributed by atoms with Crippen molar-refractivity contribution in [1.29, 1.82) is 0 Å². The number of anilines is 1. The molecule has 0 radical (unpaired) electrons. The van der Waals surface area contributed by atoms with E-state index >= 15 is 0 Å². The molecule has 4 heteroatoms. The maximum absolute atomic E-state index is 12.3. The summed E-state index contributed by atoms with van der Waals surface area (Å²) in [6, 6.07) is 23.3. The summed E-state index contributed by atoms with van der Waals surface area (Å²) in [4.78, 5) is 24.3. The maximum atomic E-state index is 12.3. The predicted octanol–water partition coefficient (Wildman–Crippen LogP) is 4.84. The first-order valence-corrected chi connectivity index (χ1v) is 8.48. The number of allylic oxidation sites excluding steroid dienone is 1. The van der Waals surface area contributed by atoms with Crippen LogP contribution in [0.15, 0.2) is 84.9 Å². The number of carbonyl (C=O) groups excluding carboxylic acids is 2. The zero-order valence-corrected chi connectivity index (χ0v) is 14.9. The van der Waals surface area contributed by atoms with Gasteiger partial charge < -0.3 is 10.1 Å². The van der Waals surface area contributed by atoms with Crippen LogP contribution >= 0.6 is 0 Å². The fourth-order valence-corrected chi connectivity index (χ4v) is 2.49. The Hall–Kier alpha value is -3.66. The molecule has 0 heterocycles. The summed E-state index contributed by atoms with van der Waals surface area (Å²) >= 11 is 0. The highest BCUT2D eigenvalue weighted by Gasteiger charge is 2.06. The lowest BCUT2D eigenvalue weighted by molar-refractivity contribution is 0.102. The van der Waals surface area contributed by atoms with Gasteiger partial charge in [-0.3, -0.25) is 9.59 Å². The molecule has 0 fully saturated rings. The van der Waals surface area contributed by atoms with Crippen molar-refractivity contribution < 1.29 is 14.3 Å². The highest BCUT2D eigenvalue weighted by Crippen LogP contribution is 2.15. The number of hydrogen-bond acceptors (Lipinski definition) is 3. The molecule has 0 aliphatic carbocycles. The van der Waals surface area contributed by atoms with E-state index in [2.05, 4.69) is 5.32 Å². The Balaban J connectivity index is 1.62. The van der Waals surface area contributed by atoms with E-state index in [9.17, 15) is 9.59 Å². The van der Waals surface area contributed by atoms with Crippen molar-refractivity contribution in [1.82, 2.24) is 0 Å². The smallest absolute Gasteiger partial charge is 0.255 e. The lowest BCUT2D eigenvalue weighted by Crippen LogP contribution is -2.11. The molecule has 0 unspecified atom stereocenters. The van der Waals surface area contributed by atoms with Crippen molar-refractivity contribution in [2.24, 2.45) is 0 Å². The molecule has 0 spiro atoms. The van der Waals surface area contributed by atoms with Gasteiger partial charge in [-0.1, -0.05) is 48.5 Å². The first-order chi connectivity index (χ1) is 13.2. The molecule has 0 atom stereocenters. The largest absolute Gasteiger partial charge is 0.497 e. The Morgan fingerprint density at radius 2 is 1.48 bits per heavy atom. The van der Waals surface area contributed by atoms with Gasteiger partial charge in [0.1, 0.15) is 5.75 Å². The zero-order chi connectivity index (χ0) is 19.1. The Bertz CT molecular complexity index is 943. The zero-order valence-electron chi connectivity index (χ0n) is 14.9. The van der Waals surface area contributed by atoms with Crippen molar-refractivity contribution in [2.75, 3.05) is 12.4 Å². The minimum absolute atomic E-state index is 0.0486. The molecule has 27 heavy (non-hydrogen) atoms. The number of rotatable bonds is 6. The number of amides is 1. The molecule has 3 aromatic carbocycles. The van der Waals surface area contributed by atoms with E-state index in [0.717, 1.165) is 5.56 Å². The van der Waals surface area contributed by atoms with Gasteiger partial charge in [0.05, 0.1) is 7.11 Å². The van der Waals surface area contributed by atoms with Crippen LogP contribution in [0.2, 0.25) is 0 Å². The molecule has 3 aromatic rings. The third-order valence-corrected chi connectivity index (χ3v) is 4.01. The third kappa shape index (κ3) is 4.92. The SMILES string of the molecule is COc1ccc(C(=O)Nc2ccc(C=CC(=O)c3ccccc3)cc2)cc1. The summed E-state index contributed by atoms with van der Waals surface area (Å²) in [6.07, 6.45) is 3.30. The van der Waals surface area contributed by atoms with Gasteiger partial charge in [-0.2, -0.15) is 0 Å². The second-order valence-electron chi connectivity index (χ2n) is 5.87. The first-order valence-electron chi connectivity index (χ1n) is 8.48. The first kappa shape index (κ1) is 18.1. The summed E-state index contributed by atoms with van der Waals surface area (Å²) in [5.41, 5.74) is 2.76. The van der Waals surface area contributed by atoms with E-state index in [-0.39, 0.29) is 11.7 Å². The van der Waals surface area contributed by atoms with E-state index in [1.54, 1.807) is 67.8 Å².